The van der Waals surface area contributed by atoms with Gasteiger partial charge in [0.15, 0.2) is 0 Å². The van der Waals surface area contributed by atoms with Gasteiger partial charge in [0.25, 0.3) is 0 Å². The second-order valence-corrected chi connectivity index (χ2v) is 4.52. The van der Waals surface area contributed by atoms with Gasteiger partial charge in [0, 0.05) is 17.7 Å². The molecular weight excluding hydrogens is 256 g/mol. The van der Waals surface area contributed by atoms with E-state index in [1.807, 2.05) is 24.7 Å². The standard InChI is InChI=1S/C10H9BrN4/c1-5-8-10(15(2)14-5)9-7(13-8)3-6(11)4-12-9/h3-4,13H,1-2H3. The van der Waals surface area contributed by atoms with E-state index < -0.39 is 0 Å². The summed E-state index contributed by atoms with van der Waals surface area (Å²) in [5.41, 5.74) is 5.14. The highest BCUT2D eigenvalue weighted by Gasteiger charge is 2.12. The molecule has 0 aliphatic rings. The van der Waals surface area contributed by atoms with E-state index in [-0.39, 0.29) is 0 Å². The number of nitrogens with zero attached hydrogens (tertiary/aromatic N) is 3. The first-order chi connectivity index (χ1) is 7.16. The minimum Gasteiger partial charge on any atom is -0.350 e. The summed E-state index contributed by atoms with van der Waals surface area (Å²) in [6.45, 7) is 1.99. The summed E-state index contributed by atoms with van der Waals surface area (Å²) in [4.78, 5) is 7.74. The van der Waals surface area contributed by atoms with E-state index in [9.17, 15) is 0 Å². The quantitative estimate of drug-likeness (QED) is 0.678. The van der Waals surface area contributed by atoms with Crippen molar-refractivity contribution in [3.63, 3.8) is 0 Å². The van der Waals surface area contributed by atoms with Gasteiger partial charge in [-0.15, -0.1) is 0 Å². The van der Waals surface area contributed by atoms with E-state index in [2.05, 4.69) is 31.0 Å². The molecule has 3 aromatic rings. The van der Waals surface area contributed by atoms with Crippen LogP contribution in [-0.2, 0) is 7.05 Å². The maximum Gasteiger partial charge on any atom is 0.114 e. The fourth-order valence-corrected chi connectivity index (χ4v) is 2.27. The number of fused-ring (bicyclic) bond motifs is 3. The average Bonchev–Trinajstić information content (AvgIpc) is 2.66. The molecule has 0 saturated heterocycles. The van der Waals surface area contributed by atoms with Crippen molar-refractivity contribution in [2.45, 2.75) is 6.92 Å². The fourth-order valence-electron chi connectivity index (χ4n) is 1.94. The lowest BCUT2D eigenvalue weighted by Gasteiger charge is -1.93. The predicted molar refractivity (Wildman–Crippen MR) is 62.8 cm³/mol. The summed E-state index contributed by atoms with van der Waals surface area (Å²) in [5.74, 6) is 0. The molecule has 0 aromatic carbocycles. The molecule has 0 fully saturated rings. The van der Waals surface area contributed by atoms with Crippen LogP contribution in [0.5, 0.6) is 0 Å². The number of H-pyrrole nitrogens is 1. The Hall–Kier alpha value is -1.36. The Morgan fingerprint density at radius 1 is 1.47 bits per heavy atom. The normalized spacial score (nSPS) is 11.7. The Morgan fingerprint density at radius 3 is 3.07 bits per heavy atom. The van der Waals surface area contributed by atoms with E-state index in [1.54, 1.807) is 6.20 Å². The van der Waals surface area contributed by atoms with E-state index in [1.165, 1.54) is 0 Å². The number of aryl methyl sites for hydroxylation is 2. The van der Waals surface area contributed by atoms with Crippen LogP contribution in [0.15, 0.2) is 16.7 Å². The van der Waals surface area contributed by atoms with Crippen molar-refractivity contribution in [2.24, 2.45) is 7.05 Å². The Kier molecular flexibility index (Phi) is 1.68. The zero-order chi connectivity index (χ0) is 10.6. The molecule has 15 heavy (non-hydrogen) atoms. The van der Waals surface area contributed by atoms with Gasteiger partial charge in [-0.2, -0.15) is 5.10 Å². The van der Waals surface area contributed by atoms with Crippen LogP contribution < -0.4 is 0 Å². The topological polar surface area (TPSA) is 46.5 Å². The van der Waals surface area contributed by atoms with Gasteiger partial charge < -0.3 is 4.98 Å². The van der Waals surface area contributed by atoms with E-state index in [4.69, 9.17) is 0 Å². The van der Waals surface area contributed by atoms with Crippen LogP contribution in [0.2, 0.25) is 0 Å². The van der Waals surface area contributed by atoms with Crippen molar-refractivity contribution in [1.29, 1.82) is 0 Å². The molecule has 3 heterocycles. The molecule has 0 atom stereocenters. The highest BCUT2D eigenvalue weighted by atomic mass is 79.9. The summed E-state index contributed by atoms with van der Waals surface area (Å²) in [6, 6.07) is 2.03. The van der Waals surface area contributed by atoms with E-state index in [0.29, 0.717) is 0 Å². The molecule has 0 amide bonds. The maximum absolute atomic E-state index is 4.40. The van der Waals surface area contributed by atoms with Gasteiger partial charge in [0.1, 0.15) is 11.0 Å². The second-order valence-electron chi connectivity index (χ2n) is 3.61. The van der Waals surface area contributed by atoms with Crippen LogP contribution in [0.3, 0.4) is 0 Å². The highest BCUT2D eigenvalue weighted by Crippen LogP contribution is 2.26. The number of nitrogens with one attached hydrogen (secondary N) is 1. The number of aromatic nitrogens is 4. The SMILES string of the molecule is Cc1nn(C)c2c1[nH]c1cc(Br)cnc12. The average molecular weight is 265 g/mol. The molecule has 0 spiro atoms. The maximum atomic E-state index is 4.40. The lowest BCUT2D eigenvalue weighted by molar-refractivity contribution is 0.784. The molecule has 0 saturated carbocycles. The van der Waals surface area contributed by atoms with Crippen molar-refractivity contribution < 1.29 is 0 Å². The minimum absolute atomic E-state index is 0.969. The lowest BCUT2D eigenvalue weighted by atomic mass is 10.3. The first-order valence-electron chi connectivity index (χ1n) is 4.63. The summed E-state index contributed by atoms with van der Waals surface area (Å²) >= 11 is 3.41. The van der Waals surface area contributed by atoms with Crippen molar-refractivity contribution in [1.82, 2.24) is 19.7 Å². The van der Waals surface area contributed by atoms with Gasteiger partial charge >= 0.3 is 0 Å². The molecule has 0 unspecified atom stereocenters. The predicted octanol–water partition coefficient (Wildman–Crippen LogP) is 2.52. The van der Waals surface area contributed by atoms with Crippen LogP contribution >= 0.6 is 15.9 Å². The molecular formula is C10H9BrN4. The highest BCUT2D eigenvalue weighted by molar-refractivity contribution is 9.10. The zero-order valence-corrected chi connectivity index (χ0v) is 9.96. The molecule has 1 N–H and O–H groups in total. The Balaban J connectivity index is 2.58. The first kappa shape index (κ1) is 8.91. The van der Waals surface area contributed by atoms with Gasteiger partial charge in [-0.25, -0.2) is 0 Å². The zero-order valence-electron chi connectivity index (χ0n) is 8.37. The first-order valence-corrected chi connectivity index (χ1v) is 5.42. The summed E-state index contributed by atoms with van der Waals surface area (Å²) in [5, 5.41) is 4.36. The van der Waals surface area contributed by atoms with Gasteiger partial charge in [-0.05, 0) is 28.9 Å². The van der Waals surface area contributed by atoms with Crippen molar-refractivity contribution in [3.8, 4) is 0 Å². The molecule has 76 valence electrons. The van der Waals surface area contributed by atoms with Gasteiger partial charge in [-0.1, -0.05) is 0 Å². The molecule has 3 rings (SSSR count). The summed E-state index contributed by atoms with van der Waals surface area (Å²) < 4.78 is 2.84. The van der Waals surface area contributed by atoms with Gasteiger partial charge in [-0.3, -0.25) is 9.67 Å². The third kappa shape index (κ3) is 1.13. The molecule has 0 aliphatic carbocycles. The molecule has 0 radical (unpaired) electrons. The fraction of sp³-hybridized carbons (Fsp3) is 0.200. The molecule has 0 aliphatic heterocycles. The van der Waals surface area contributed by atoms with Crippen molar-refractivity contribution >= 4 is 38.0 Å². The van der Waals surface area contributed by atoms with Gasteiger partial charge in [0.2, 0.25) is 0 Å². The summed E-state index contributed by atoms with van der Waals surface area (Å²) in [7, 11) is 1.94. The molecule has 3 aromatic heterocycles. The summed E-state index contributed by atoms with van der Waals surface area (Å²) in [6.07, 6.45) is 1.80. The Bertz CT molecular complexity index is 665. The monoisotopic (exact) mass is 264 g/mol. The number of pyridine rings is 1. The third-order valence-electron chi connectivity index (χ3n) is 2.56. The molecule has 5 heteroatoms. The number of rotatable bonds is 0. The van der Waals surface area contributed by atoms with Crippen LogP contribution in [0.25, 0.3) is 22.1 Å². The Labute approximate surface area is 94.4 Å². The largest absolute Gasteiger partial charge is 0.350 e. The number of hydrogen-bond acceptors (Lipinski definition) is 2. The lowest BCUT2D eigenvalue weighted by Crippen LogP contribution is -1.90. The van der Waals surface area contributed by atoms with Crippen molar-refractivity contribution in [2.75, 3.05) is 0 Å². The van der Waals surface area contributed by atoms with E-state index >= 15 is 0 Å². The van der Waals surface area contributed by atoms with Crippen molar-refractivity contribution in [3.05, 3.63) is 22.4 Å². The molecule has 4 nitrogen and oxygen atoms in total. The minimum atomic E-state index is 0.969. The van der Waals surface area contributed by atoms with E-state index in [0.717, 1.165) is 32.2 Å². The second kappa shape index (κ2) is 2.82. The number of halogens is 1. The van der Waals surface area contributed by atoms with Crippen LogP contribution in [0, 0.1) is 6.92 Å². The van der Waals surface area contributed by atoms with Gasteiger partial charge in [0.05, 0.1) is 16.7 Å². The molecule has 0 bridgehead atoms. The van der Waals surface area contributed by atoms with Crippen LogP contribution in [0.4, 0.5) is 0 Å². The Morgan fingerprint density at radius 2 is 2.27 bits per heavy atom. The number of aromatic amines is 1. The third-order valence-corrected chi connectivity index (χ3v) is 2.99. The smallest absolute Gasteiger partial charge is 0.114 e. The van der Waals surface area contributed by atoms with Crippen LogP contribution in [0.1, 0.15) is 5.69 Å². The number of hydrogen-bond donors (Lipinski definition) is 1. The van der Waals surface area contributed by atoms with Crippen LogP contribution in [-0.4, -0.2) is 19.7 Å².